The van der Waals surface area contributed by atoms with Crippen LogP contribution in [0.3, 0.4) is 0 Å². The Bertz CT molecular complexity index is 474. The topological polar surface area (TPSA) is 44.5 Å². The molecule has 1 aromatic rings. The number of fused-ring (bicyclic) bond motifs is 1. The summed E-state index contributed by atoms with van der Waals surface area (Å²) >= 11 is 0. The van der Waals surface area contributed by atoms with Crippen molar-refractivity contribution in [1.82, 2.24) is 0 Å². The summed E-state index contributed by atoms with van der Waals surface area (Å²) in [4.78, 5) is 0. The van der Waals surface area contributed by atoms with Gasteiger partial charge in [-0.2, -0.15) is 0 Å². The van der Waals surface area contributed by atoms with E-state index in [1.54, 1.807) is 0 Å². The van der Waals surface area contributed by atoms with Gasteiger partial charge in [-0.05, 0) is 54.8 Å². The van der Waals surface area contributed by atoms with Crippen molar-refractivity contribution in [2.24, 2.45) is 17.6 Å². The van der Waals surface area contributed by atoms with E-state index in [0.717, 1.165) is 24.0 Å². The van der Waals surface area contributed by atoms with Crippen molar-refractivity contribution >= 4 is 0 Å². The highest BCUT2D eigenvalue weighted by atomic mass is 16.6. The maximum absolute atomic E-state index is 6.03. The second-order valence-electron chi connectivity index (χ2n) is 6.47. The van der Waals surface area contributed by atoms with Gasteiger partial charge in [-0.3, -0.25) is 0 Å². The molecule has 3 atom stereocenters. The quantitative estimate of drug-likeness (QED) is 0.919. The van der Waals surface area contributed by atoms with E-state index in [0.29, 0.717) is 25.0 Å². The summed E-state index contributed by atoms with van der Waals surface area (Å²) in [6.45, 7) is 4.38. The molecule has 0 saturated heterocycles. The molecule has 3 rings (SSSR count). The third-order valence-electron chi connectivity index (χ3n) is 5.10. The number of hydrogen-bond donors (Lipinski definition) is 1. The first-order valence-corrected chi connectivity index (χ1v) is 8.41. The number of nitrogens with two attached hydrogens (primary N) is 1. The number of ether oxygens (including phenoxy) is 2. The van der Waals surface area contributed by atoms with E-state index < -0.39 is 0 Å². The summed E-state index contributed by atoms with van der Waals surface area (Å²) in [6, 6.07) is 6.48. The summed E-state index contributed by atoms with van der Waals surface area (Å²) in [7, 11) is 0. The first-order chi connectivity index (χ1) is 10.3. The largest absolute Gasteiger partial charge is 0.486 e. The first kappa shape index (κ1) is 14.7. The molecule has 3 nitrogen and oxygen atoms in total. The average molecular weight is 289 g/mol. The van der Waals surface area contributed by atoms with Crippen LogP contribution in [0, 0.1) is 11.8 Å². The maximum atomic E-state index is 6.03. The Morgan fingerprint density at radius 3 is 2.71 bits per heavy atom. The maximum Gasteiger partial charge on any atom is 0.161 e. The second-order valence-corrected chi connectivity index (χ2v) is 6.47. The molecule has 1 heterocycles. The lowest BCUT2D eigenvalue weighted by atomic mass is 9.70. The van der Waals surface area contributed by atoms with Gasteiger partial charge >= 0.3 is 0 Å². The molecule has 21 heavy (non-hydrogen) atoms. The standard InChI is InChI=1S/C18H27NO2/c1-2-3-13-4-5-15(12-19)16(10-13)14-6-7-17-18(11-14)21-9-8-20-17/h6-7,11,13,15-16H,2-5,8-10,12,19H2,1H3. The predicted molar refractivity (Wildman–Crippen MR) is 85.0 cm³/mol. The van der Waals surface area contributed by atoms with Gasteiger partial charge in [-0.25, -0.2) is 0 Å². The highest BCUT2D eigenvalue weighted by Gasteiger charge is 2.31. The van der Waals surface area contributed by atoms with Crippen LogP contribution in [0.25, 0.3) is 0 Å². The normalized spacial score (nSPS) is 28.4. The average Bonchev–Trinajstić information content (AvgIpc) is 2.54. The number of rotatable bonds is 4. The molecule has 0 radical (unpaired) electrons. The summed E-state index contributed by atoms with van der Waals surface area (Å²) in [6.07, 6.45) is 6.51. The van der Waals surface area contributed by atoms with E-state index in [1.165, 1.54) is 37.7 Å². The fraction of sp³-hybridized carbons (Fsp3) is 0.667. The van der Waals surface area contributed by atoms with Crippen LogP contribution >= 0.6 is 0 Å². The Kier molecular flexibility index (Phi) is 4.69. The Balaban J connectivity index is 1.81. The van der Waals surface area contributed by atoms with Gasteiger partial charge in [0.05, 0.1) is 0 Å². The van der Waals surface area contributed by atoms with Crippen molar-refractivity contribution < 1.29 is 9.47 Å². The van der Waals surface area contributed by atoms with Crippen LogP contribution in [0.15, 0.2) is 18.2 Å². The van der Waals surface area contributed by atoms with Crippen molar-refractivity contribution in [3.63, 3.8) is 0 Å². The summed E-state index contributed by atoms with van der Waals surface area (Å²) < 4.78 is 11.4. The van der Waals surface area contributed by atoms with Gasteiger partial charge < -0.3 is 15.2 Å². The van der Waals surface area contributed by atoms with Gasteiger partial charge in [0.25, 0.3) is 0 Å². The third-order valence-corrected chi connectivity index (χ3v) is 5.10. The van der Waals surface area contributed by atoms with E-state index >= 15 is 0 Å². The van der Waals surface area contributed by atoms with Crippen molar-refractivity contribution in [3.8, 4) is 11.5 Å². The van der Waals surface area contributed by atoms with Gasteiger partial charge in [0.1, 0.15) is 13.2 Å². The summed E-state index contributed by atoms with van der Waals surface area (Å²) in [5.41, 5.74) is 7.42. The molecule has 0 amide bonds. The molecule has 1 aliphatic carbocycles. The molecule has 3 unspecified atom stereocenters. The predicted octanol–water partition coefficient (Wildman–Crippen LogP) is 3.72. The van der Waals surface area contributed by atoms with Crippen LogP contribution in [0.5, 0.6) is 11.5 Å². The van der Waals surface area contributed by atoms with Crippen molar-refractivity contribution in [2.45, 2.75) is 44.9 Å². The van der Waals surface area contributed by atoms with Gasteiger partial charge in [-0.15, -0.1) is 0 Å². The number of benzene rings is 1. The smallest absolute Gasteiger partial charge is 0.161 e. The molecule has 0 aromatic heterocycles. The molecule has 0 bridgehead atoms. The molecule has 3 heteroatoms. The van der Waals surface area contributed by atoms with Gasteiger partial charge in [0.15, 0.2) is 11.5 Å². The molecule has 1 aliphatic heterocycles. The van der Waals surface area contributed by atoms with Crippen LogP contribution in [-0.2, 0) is 0 Å². The van der Waals surface area contributed by atoms with Crippen LogP contribution in [-0.4, -0.2) is 19.8 Å². The molecule has 2 aliphatic rings. The molecule has 1 aromatic carbocycles. The second kappa shape index (κ2) is 6.69. The lowest BCUT2D eigenvalue weighted by Crippen LogP contribution is -2.29. The zero-order valence-corrected chi connectivity index (χ0v) is 13.0. The molecule has 1 fully saturated rings. The number of hydrogen-bond acceptors (Lipinski definition) is 3. The van der Waals surface area contributed by atoms with Crippen molar-refractivity contribution in [1.29, 1.82) is 0 Å². The van der Waals surface area contributed by atoms with Crippen molar-refractivity contribution in [2.75, 3.05) is 19.8 Å². The highest BCUT2D eigenvalue weighted by molar-refractivity contribution is 5.45. The van der Waals surface area contributed by atoms with Crippen LogP contribution < -0.4 is 15.2 Å². The Morgan fingerprint density at radius 1 is 1.14 bits per heavy atom. The Hall–Kier alpha value is -1.22. The SMILES string of the molecule is CCCC1CCC(CN)C(c2ccc3c(c2)OCCO3)C1. The molecular weight excluding hydrogens is 262 g/mol. The van der Waals surface area contributed by atoms with Crippen LogP contribution in [0.2, 0.25) is 0 Å². The minimum atomic E-state index is 0.580. The summed E-state index contributed by atoms with van der Waals surface area (Å²) in [5, 5.41) is 0. The monoisotopic (exact) mass is 289 g/mol. The molecule has 0 spiro atoms. The van der Waals surface area contributed by atoms with Crippen molar-refractivity contribution in [3.05, 3.63) is 23.8 Å². The van der Waals surface area contributed by atoms with E-state index in [1.807, 2.05) is 0 Å². The van der Waals surface area contributed by atoms with E-state index in [2.05, 4.69) is 25.1 Å². The first-order valence-electron chi connectivity index (χ1n) is 8.41. The molecule has 1 saturated carbocycles. The third kappa shape index (κ3) is 3.18. The van der Waals surface area contributed by atoms with Crippen LogP contribution in [0.1, 0.15) is 50.5 Å². The van der Waals surface area contributed by atoms with Gasteiger partial charge in [-0.1, -0.05) is 32.3 Å². The fourth-order valence-corrected chi connectivity index (χ4v) is 3.97. The Labute approximate surface area is 127 Å². The fourth-order valence-electron chi connectivity index (χ4n) is 3.97. The molecule has 2 N–H and O–H groups in total. The lowest BCUT2D eigenvalue weighted by Gasteiger charge is -2.36. The van der Waals surface area contributed by atoms with E-state index in [4.69, 9.17) is 15.2 Å². The van der Waals surface area contributed by atoms with E-state index in [-0.39, 0.29) is 0 Å². The zero-order valence-electron chi connectivity index (χ0n) is 13.0. The van der Waals surface area contributed by atoms with E-state index in [9.17, 15) is 0 Å². The Morgan fingerprint density at radius 2 is 1.95 bits per heavy atom. The molecular formula is C18H27NO2. The zero-order chi connectivity index (χ0) is 14.7. The minimum Gasteiger partial charge on any atom is -0.486 e. The molecule has 116 valence electrons. The van der Waals surface area contributed by atoms with Gasteiger partial charge in [0.2, 0.25) is 0 Å². The minimum absolute atomic E-state index is 0.580. The summed E-state index contributed by atoms with van der Waals surface area (Å²) in [5.74, 6) is 3.84. The van der Waals surface area contributed by atoms with Gasteiger partial charge in [0, 0.05) is 0 Å². The highest BCUT2D eigenvalue weighted by Crippen LogP contribution is 2.44. The van der Waals surface area contributed by atoms with Crippen LogP contribution in [0.4, 0.5) is 0 Å². The lowest BCUT2D eigenvalue weighted by molar-refractivity contribution is 0.170.